The molecule has 1 N–H and O–H groups in total. The van der Waals surface area contributed by atoms with Crippen molar-refractivity contribution in [3.63, 3.8) is 0 Å². The van der Waals surface area contributed by atoms with Crippen molar-refractivity contribution >= 4 is 0 Å². The maximum Gasteiger partial charge on any atom is 0.162 e. The molecule has 5 nitrogen and oxygen atoms in total. The fraction of sp³-hybridized carbons (Fsp3) is 0.471. The van der Waals surface area contributed by atoms with E-state index < -0.39 is 0 Å². The molecule has 5 heteroatoms. The van der Waals surface area contributed by atoms with Gasteiger partial charge < -0.3 is 19.1 Å². The lowest BCUT2D eigenvalue weighted by Crippen LogP contribution is -2.22. The number of aliphatic hydroxyl groups excluding tert-OH is 1. The van der Waals surface area contributed by atoms with E-state index in [9.17, 15) is 5.11 Å². The molecule has 0 bridgehead atoms. The molecular weight excluding hydrogens is 280 g/mol. The van der Waals surface area contributed by atoms with E-state index in [1.165, 1.54) is 0 Å². The maximum absolute atomic E-state index is 9.93. The first kappa shape index (κ1) is 13.6. The molecule has 1 aliphatic heterocycles. The highest BCUT2D eigenvalue weighted by atomic mass is 16.6. The first-order valence-electron chi connectivity index (χ1n) is 7.92. The molecular formula is C17H20N2O3. The van der Waals surface area contributed by atoms with Gasteiger partial charge in [-0.15, -0.1) is 0 Å². The summed E-state index contributed by atoms with van der Waals surface area (Å²) in [5.41, 5.74) is 1.02. The third kappa shape index (κ3) is 2.46. The normalized spacial score (nSPS) is 24.2. The van der Waals surface area contributed by atoms with Gasteiger partial charge in [-0.05, 0) is 43.9 Å². The van der Waals surface area contributed by atoms with E-state index >= 15 is 0 Å². The summed E-state index contributed by atoms with van der Waals surface area (Å²) < 4.78 is 13.4. The largest absolute Gasteiger partial charge is 0.486 e. The Morgan fingerprint density at radius 1 is 1.14 bits per heavy atom. The summed E-state index contributed by atoms with van der Waals surface area (Å²) in [5.74, 6) is 2.50. The molecule has 1 fully saturated rings. The minimum Gasteiger partial charge on any atom is -0.486 e. The van der Waals surface area contributed by atoms with E-state index in [2.05, 4.69) is 9.55 Å². The van der Waals surface area contributed by atoms with Crippen LogP contribution in [0.2, 0.25) is 0 Å². The van der Waals surface area contributed by atoms with Crippen LogP contribution < -0.4 is 9.47 Å². The number of benzene rings is 1. The summed E-state index contributed by atoms with van der Waals surface area (Å²) in [6, 6.07) is 6.27. The zero-order chi connectivity index (χ0) is 14.9. The van der Waals surface area contributed by atoms with Crippen molar-refractivity contribution < 1.29 is 14.6 Å². The average molecular weight is 300 g/mol. The lowest BCUT2D eigenvalue weighted by atomic mass is 9.92. The minimum atomic E-state index is -0.200. The van der Waals surface area contributed by atoms with Gasteiger partial charge in [-0.2, -0.15) is 0 Å². The van der Waals surface area contributed by atoms with Crippen molar-refractivity contribution in [3.8, 4) is 22.9 Å². The lowest BCUT2D eigenvalue weighted by Gasteiger charge is -2.28. The lowest BCUT2D eigenvalue weighted by molar-refractivity contribution is 0.104. The molecule has 1 aliphatic carbocycles. The maximum atomic E-state index is 9.93. The quantitative estimate of drug-likeness (QED) is 0.926. The number of imidazole rings is 1. The van der Waals surface area contributed by atoms with Gasteiger partial charge in [-0.1, -0.05) is 0 Å². The number of hydrogen-bond donors (Lipinski definition) is 1. The molecule has 1 aromatic heterocycles. The number of ether oxygens (including phenoxy) is 2. The molecule has 1 aromatic carbocycles. The Hall–Kier alpha value is -2.01. The second-order valence-corrected chi connectivity index (χ2v) is 5.99. The van der Waals surface area contributed by atoms with Gasteiger partial charge in [0, 0.05) is 24.0 Å². The van der Waals surface area contributed by atoms with Crippen molar-refractivity contribution in [1.82, 2.24) is 9.55 Å². The molecule has 1 saturated carbocycles. The van der Waals surface area contributed by atoms with E-state index in [4.69, 9.17) is 9.47 Å². The molecule has 0 radical (unpaired) electrons. The molecule has 4 rings (SSSR count). The molecule has 0 spiro atoms. The number of aliphatic hydroxyl groups is 1. The summed E-state index contributed by atoms with van der Waals surface area (Å²) in [4.78, 5) is 4.52. The summed E-state index contributed by atoms with van der Waals surface area (Å²) in [5, 5.41) is 9.93. The molecule has 2 atom stereocenters. The van der Waals surface area contributed by atoms with Crippen molar-refractivity contribution in [1.29, 1.82) is 0 Å². The van der Waals surface area contributed by atoms with Crippen LogP contribution in [-0.2, 0) is 0 Å². The van der Waals surface area contributed by atoms with Crippen molar-refractivity contribution in [2.75, 3.05) is 13.2 Å². The number of nitrogens with zero attached hydrogens (tertiary/aromatic N) is 2. The summed E-state index contributed by atoms with van der Waals surface area (Å²) in [7, 11) is 0. The van der Waals surface area contributed by atoms with Gasteiger partial charge in [0.15, 0.2) is 11.5 Å². The van der Waals surface area contributed by atoms with Crippen LogP contribution in [0, 0.1) is 0 Å². The molecule has 116 valence electrons. The number of rotatable bonds is 2. The monoisotopic (exact) mass is 300 g/mol. The number of aromatic nitrogens is 2. The Balaban J connectivity index is 1.67. The van der Waals surface area contributed by atoms with Gasteiger partial charge in [0.25, 0.3) is 0 Å². The first-order valence-corrected chi connectivity index (χ1v) is 7.92. The van der Waals surface area contributed by atoms with Gasteiger partial charge in [0.1, 0.15) is 19.0 Å². The predicted octanol–water partition coefficient (Wildman–Crippen LogP) is 2.80. The van der Waals surface area contributed by atoms with Crippen molar-refractivity contribution in [2.45, 2.75) is 37.8 Å². The highest BCUT2D eigenvalue weighted by Gasteiger charge is 2.24. The molecule has 0 saturated heterocycles. The van der Waals surface area contributed by atoms with Crippen LogP contribution in [0.3, 0.4) is 0 Å². The predicted molar refractivity (Wildman–Crippen MR) is 82.2 cm³/mol. The fourth-order valence-corrected chi connectivity index (χ4v) is 3.41. The van der Waals surface area contributed by atoms with Gasteiger partial charge in [-0.3, -0.25) is 0 Å². The molecule has 2 aromatic rings. The van der Waals surface area contributed by atoms with Gasteiger partial charge in [-0.25, -0.2) is 4.98 Å². The SMILES string of the molecule is O[C@H]1CCC[C@@H](n2ccnc2-c2ccc3c(c2)OCCO3)C1. The van der Waals surface area contributed by atoms with Crippen LogP contribution >= 0.6 is 0 Å². The molecule has 2 aliphatic rings. The second kappa shape index (κ2) is 5.65. The first-order chi connectivity index (χ1) is 10.8. The smallest absolute Gasteiger partial charge is 0.162 e. The molecule has 0 unspecified atom stereocenters. The standard InChI is InChI=1S/C17H20N2O3/c20-14-3-1-2-13(11-14)19-7-6-18-17(19)12-4-5-15-16(10-12)22-9-8-21-15/h4-7,10,13-14,20H,1-3,8-9,11H2/t13-,14+/m1/s1. The van der Waals surface area contributed by atoms with Crippen molar-refractivity contribution in [3.05, 3.63) is 30.6 Å². The Kier molecular flexibility index (Phi) is 3.50. The van der Waals surface area contributed by atoms with Gasteiger partial charge in [0.05, 0.1) is 6.10 Å². The average Bonchev–Trinajstić information content (AvgIpc) is 3.04. The van der Waals surface area contributed by atoms with E-state index in [-0.39, 0.29) is 6.10 Å². The Labute approximate surface area is 129 Å². The van der Waals surface area contributed by atoms with Gasteiger partial charge in [0.2, 0.25) is 0 Å². The Bertz CT molecular complexity index is 668. The minimum absolute atomic E-state index is 0.200. The van der Waals surface area contributed by atoms with Crippen molar-refractivity contribution in [2.24, 2.45) is 0 Å². The summed E-state index contributed by atoms with van der Waals surface area (Å²) >= 11 is 0. The second-order valence-electron chi connectivity index (χ2n) is 5.99. The Morgan fingerprint density at radius 3 is 2.86 bits per heavy atom. The van der Waals surface area contributed by atoms with Gasteiger partial charge >= 0.3 is 0 Å². The zero-order valence-corrected chi connectivity index (χ0v) is 12.4. The highest BCUT2D eigenvalue weighted by molar-refractivity contribution is 5.62. The van der Waals surface area contributed by atoms with Crippen LogP contribution in [0.4, 0.5) is 0 Å². The molecule has 2 heterocycles. The molecule has 0 amide bonds. The summed E-state index contributed by atoms with van der Waals surface area (Å²) in [6.07, 6.45) is 7.49. The van der Waals surface area contributed by atoms with E-state index in [1.807, 2.05) is 30.6 Å². The fourth-order valence-electron chi connectivity index (χ4n) is 3.41. The van der Waals surface area contributed by atoms with E-state index in [0.29, 0.717) is 19.3 Å². The van der Waals surface area contributed by atoms with Crippen LogP contribution in [0.1, 0.15) is 31.7 Å². The number of fused-ring (bicyclic) bond motifs is 1. The Morgan fingerprint density at radius 2 is 2.00 bits per heavy atom. The van der Waals surface area contributed by atoms with E-state index in [0.717, 1.165) is 48.6 Å². The summed E-state index contributed by atoms with van der Waals surface area (Å²) in [6.45, 7) is 1.18. The van der Waals surface area contributed by atoms with E-state index in [1.54, 1.807) is 0 Å². The highest BCUT2D eigenvalue weighted by Crippen LogP contribution is 2.36. The third-order valence-electron chi connectivity index (χ3n) is 4.48. The van der Waals surface area contributed by atoms with Crippen LogP contribution in [0.5, 0.6) is 11.5 Å². The third-order valence-corrected chi connectivity index (χ3v) is 4.48. The zero-order valence-electron chi connectivity index (χ0n) is 12.4. The molecule has 22 heavy (non-hydrogen) atoms. The van der Waals surface area contributed by atoms with Crippen LogP contribution in [-0.4, -0.2) is 34.0 Å². The topological polar surface area (TPSA) is 56.5 Å². The number of hydrogen-bond acceptors (Lipinski definition) is 4. The van der Waals surface area contributed by atoms with Crippen LogP contribution in [0.25, 0.3) is 11.4 Å². The van der Waals surface area contributed by atoms with Crippen LogP contribution in [0.15, 0.2) is 30.6 Å².